The van der Waals surface area contributed by atoms with Gasteiger partial charge in [-0.15, -0.1) is 0 Å². The van der Waals surface area contributed by atoms with Crippen LogP contribution < -0.4 is 15.0 Å². The number of ether oxygens (including phenoxy) is 1. The van der Waals surface area contributed by atoms with E-state index in [4.69, 9.17) is 16.3 Å². The lowest BCUT2D eigenvalue weighted by Gasteiger charge is -2.26. The molecule has 1 saturated heterocycles. The van der Waals surface area contributed by atoms with Crippen molar-refractivity contribution in [3.05, 3.63) is 74.2 Å². The molecule has 0 atom stereocenters. The molecule has 6 nitrogen and oxygen atoms in total. The van der Waals surface area contributed by atoms with Gasteiger partial charge in [-0.25, -0.2) is 9.69 Å². The number of hydrogen-bond donors (Lipinski definition) is 1. The zero-order chi connectivity index (χ0) is 21.1. The molecule has 0 unspecified atom stereocenters. The van der Waals surface area contributed by atoms with E-state index in [1.807, 2.05) is 0 Å². The number of carbonyl (C=O) groups is 3. The molecule has 148 valence electrons. The number of anilines is 1. The number of imide groups is 2. The fourth-order valence-electron chi connectivity index (χ4n) is 2.64. The molecule has 29 heavy (non-hydrogen) atoms. The minimum Gasteiger partial charge on any atom is -0.488 e. The Kier molecular flexibility index (Phi) is 6.56. The molecule has 2 aromatic carbocycles. The van der Waals surface area contributed by atoms with Crippen LogP contribution in [0, 0.1) is 0 Å². The van der Waals surface area contributed by atoms with Crippen LogP contribution in [0.3, 0.4) is 0 Å². The second kappa shape index (κ2) is 8.94. The molecule has 0 bridgehead atoms. The predicted octanol–water partition coefficient (Wildman–Crippen LogP) is 5.10. The Morgan fingerprint density at radius 3 is 2.62 bits per heavy atom. The molecule has 4 amide bonds. The molecule has 1 N–H and O–H groups in total. The Bertz CT molecular complexity index is 1070. The Morgan fingerprint density at radius 1 is 1.17 bits per heavy atom. The molecule has 2 aromatic rings. The third kappa shape index (κ3) is 4.60. The van der Waals surface area contributed by atoms with E-state index in [9.17, 15) is 14.4 Å². The van der Waals surface area contributed by atoms with Crippen LogP contribution in [0.5, 0.6) is 5.75 Å². The van der Waals surface area contributed by atoms with Gasteiger partial charge in [-0.2, -0.15) is 0 Å². The van der Waals surface area contributed by atoms with Crippen LogP contribution in [-0.4, -0.2) is 24.5 Å². The van der Waals surface area contributed by atoms with Gasteiger partial charge in [0, 0.05) is 15.1 Å². The van der Waals surface area contributed by atoms with Crippen LogP contribution in [0.4, 0.5) is 10.5 Å². The fourth-order valence-corrected chi connectivity index (χ4v) is 4.20. The van der Waals surface area contributed by atoms with E-state index in [1.165, 1.54) is 12.1 Å². The van der Waals surface area contributed by atoms with Crippen LogP contribution in [0.1, 0.15) is 5.56 Å². The second-order valence-corrected chi connectivity index (χ2v) is 8.05. The van der Waals surface area contributed by atoms with Gasteiger partial charge in [0.15, 0.2) is 0 Å². The van der Waals surface area contributed by atoms with Crippen LogP contribution in [0.15, 0.2) is 63.6 Å². The van der Waals surface area contributed by atoms with Gasteiger partial charge < -0.3 is 4.74 Å². The van der Waals surface area contributed by atoms with E-state index in [2.05, 4.69) is 43.8 Å². The molecular weight excluding hydrogens is 527 g/mol. The van der Waals surface area contributed by atoms with Gasteiger partial charge in [0.05, 0.1) is 10.2 Å². The predicted molar refractivity (Wildman–Crippen MR) is 118 cm³/mol. The van der Waals surface area contributed by atoms with E-state index in [-0.39, 0.29) is 17.9 Å². The van der Waals surface area contributed by atoms with Crippen molar-refractivity contribution in [3.63, 3.8) is 0 Å². The summed E-state index contributed by atoms with van der Waals surface area (Å²) in [6.45, 7) is 3.84. The molecule has 1 aliphatic heterocycles. The Hall–Kier alpha value is -2.42. The smallest absolute Gasteiger partial charge is 0.335 e. The number of barbiturate groups is 1. The minimum absolute atomic E-state index is 0.224. The monoisotopic (exact) mass is 538 g/mol. The lowest BCUT2D eigenvalue weighted by molar-refractivity contribution is -0.122. The van der Waals surface area contributed by atoms with Crippen LogP contribution in [0.2, 0.25) is 5.02 Å². The maximum absolute atomic E-state index is 13.0. The number of halogens is 3. The largest absolute Gasteiger partial charge is 0.488 e. The van der Waals surface area contributed by atoms with Crippen molar-refractivity contribution in [1.82, 2.24) is 5.32 Å². The summed E-state index contributed by atoms with van der Waals surface area (Å²) < 4.78 is 6.98. The number of nitrogens with one attached hydrogen (secondary N) is 1. The van der Waals surface area contributed by atoms with E-state index >= 15 is 0 Å². The molecule has 9 heteroatoms. The summed E-state index contributed by atoms with van der Waals surface area (Å²) in [6, 6.07) is 8.83. The summed E-state index contributed by atoms with van der Waals surface area (Å²) in [5.74, 6) is -1.15. The number of rotatable bonds is 5. The Balaban J connectivity index is 2.09. The number of benzene rings is 2. The molecule has 0 saturated carbocycles. The summed E-state index contributed by atoms with van der Waals surface area (Å²) >= 11 is 12.8. The first-order valence-corrected chi connectivity index (χ1v) is 10.2. The highest BCUT2D eigenvalue weighted by atomic mass is 79.9. The Morgan fingerprint density at radius 2 is 1.93 bits per heavy atom. The highest BCUT2D eigenvalue weighted by molar-refractivity contribution is 9.11. The maximum Gasteiger partial charge on any atom is 0.335 e. The number of nitrogens with zero attached hydrogens (tertiary/aromatic N) is 1. The van der Waals surface area contributed by atoms with Gasteiger partial charge in [-0.1, -0.05) is 46.3 Å². The molecule has 0 aliphatic carbocycles. The number of urea groups is 1. The molecule has 0 radical (unpaired) electrons. The first kappa shape index (κ1) is 21.3. The first-order chi connectivity index (χ1) is 13.8. The topological polar surface area (TPSA) is 75.7 Å². The number of hydrogen-bond acceptors (Lipinski definition) is 4. The lowest BCUT2D eigenvalue weighted by Crippen LogP contribution is -2.54. The molecular formula is C20H13Br2ClN2O4. The summed E-state index contributed by atoms with van der Waals surface area (Å²) in [7, 11) is 0. The molecule has 1 fully saturated rings. The SMILES string of the molecule is C=CCOc1c(Br)cc(Br)cc1/C=C1\C(=O)NC(=O)N(c2cccc(Cl)c2)C1=O. The maximum atomic E-state index is 13.0. The third-order valence-electron chi connectivity index (χ3n) is 3.85. The zero-order valence-corrected chi connectivity index (χ0v) is 18.7. The third-order valence-corrected chi connectivity index (χ3v) is 5.13. The van der Waals surface area contributed by atoms with Crippen molar-refractivity contribution in [3.8, 4) is 5.75 Å². The quantitative estimate of drug-likeness (QED) is 0.326. The lowest BCUT2D eigenvalue weighted by atomic mass is 10.1. The second-order valence-electron chi connectivity index (χ2n) is 5.84. The molecule has 0 aromatic heterocycles. The zero-order valence-electron chi connectivity index (χ0n) is 14.7. The highest BCUT2D eigenvalue weighted by Crippen LogP contribution is 2.35. The van der Waals surface area contributed by atoms with E-state index < -0.39 is 17.8 Å². The van der Waals surface area contributed by atoms with Crippen LogP contribution in [-0.2, 0) is 9.59 Å². The van der Waals surface area contributed by atoms with E-state index in [1.54, 1.807) is 36.4 Å². The normalized spacial score (nSPS) is 15.5. The van der Waals surface area contributed by atoms with Gasteiger partial charge in [-0.05, 0) is 52.3 Å². The first-order valence-electron chi connectivity index (χ1n) is 8.21. The average Bonchev–Trinajstić information content (AvgIpc) is 2.64. The number of carbonyl (C=O) groups excluding carboxylic acids is 3. The van der Waals surface area contributed by atoms with Crippen molar-refractivity contribution < 1.29 is 19.1 Å². The fraction of sp³-hybridized carbons (Fsp3) is 0.0500. The van der Waals surface area contributed by atoms with Crippen molar-refractivity contribution in [1.29, 1.82) is 0 Å². The summed E-state index contributed by atoms with van der Waals surface area (Å²) in [5, 5.41) is 2.52. The van der Waals surface area contributed by atoms with Gasteiger partial charge >= 0.3 is 6.03 Å². The standard InChI is InChI=1S/C20H13Br2ClN2O4/c1-2-6-29-17-11(7-12(21)9-16(17)22)8-15-18(26)24-20(28)25(19(15)27)14-5-3-4-13(23)10-14/h2-5,7-10H,1,6H2,(H,24,26,28)/b15-8+. The van der Waals surface area contributed by atoms with Gasteiger partial charge in [0.1, 0.15) is 17.9 Å². The molecule has 0 spiro atoms. The summed E-state index contributed by atoms with van der Waals surface area (Å²) in [5.41, 5.74) is 0.488. The molecule has 1 aliphatic rings. The van der Waals surface area contributed by atoms with E-state index in [0.717, 1.165) is 4.90 Å². The van der Waals surface area contributed by atoms with Crippen molar-refractivity contribution in [2.45, 2.75) is 0 Å². The van der Waals surface area contributed by atoms with Gasteiger partial charge in [0.25, 0.3) is 11.8 Å². The van der Waals surface area contributed by atoms with Gasteiger partial charge in [0.2, 0.25) is 0 Å². The average molecular weight is 541 g/mol. The summed E-state index contributed by atoms with van der Waals surface area (Å²) in [6.07, 6.45) is 2.94. The van der Waals surface area contributed by atoms with Gasteiger partial charge in [-0.3, -0.25) is 14.9 Å². The summed E-state index contributed by atoms with van der Waals surface area (Å²) in [4.78, 5) is 38.6. The van der Waals surface area contributed by atoms with Crippen molar-refractivity contribution >= 4 is 73.1 Å². The number of amides is 4. The highest BCUT2D eigenvalue weighted by Gasteiger charge is 2.37. The minimum atomic E-state index is -0.849. The van der Waals surface area contributed by atoms with Crippen molar-refractivity contribution in [2.24, 2.45) is 0 Å². The molecule has 3 rings (SSSR count). The molecule has 1 heterocycles. The Labute approximate surface area is 188 Å². The van der Waals surface area contributed by atoms with Crippen molar-refractivity contribution in [2.75, 3.05) is 11.5 Å². The van der Waals surface area contributed by atoms with Crippen LogP contribution in [0.25, 0.3) is 6.08 Å². The van der Waals surface area contributed by atoms with E-state index in [0.29, 0.717) is 25.3 Å². The van der Waals surface area contributed by atoms with Crippen LogP contribution >= 0.6 is 43.5 Å².